The molecule has 1 amide bonds. The maximum atomic E-state index is 12.9. The van der Waals surface area contributed by atoms with E-state index < -0.39 is 10.8 Å². The fraction of sp³-hybridized carbons (Fsp3) is 0. The van der Waals surface area contributed by atoms with Crippen LogP contribution in [-0.2, 0) is 0 Å². The Bertz CT molecular complexity index is 888. The van der Waals surface area contributed by atoms with Crippen LogP contribution in [0, 0.1) is 15.9 Å². The van der Waals surface area contributed by atoms with Gasteiger partial charge in [-0.2, -0.15) is 5.10 Å². The molecular weight excluding hydrogens is 315 g/mol. The minimum absolute atomic E-state index is 0.0927. The van der Waals surface area contributed by atoms with Crippen molar-refractivity contribution in [1.82, 2.24) is 10.2 Å². The van der Waals surface area contributed by atoms with E-state index >= 15 is 0 Å². The number of benzene rings is 2. The molecule has 1 heterocycles. The van der Waals surface area contributed by atoms with Crippen LogP contribution in [0.15, 0.2) is 54.6 Å². The van der Waals surface area contributed by atoms with Crippen LogP contribution >= 0.6 is 0 Å². The average molecular weight is 326 g/mol. The molecule has 2 N–H and O–H groups in total. The van der Waals surface area contributed by atoms with Crippen molar-refractivity contribution in [2.24, 2.45) is 0 Å². The number of nitrogens with zero attached hydrogens (tertiary/aromatic N) is 2. The van der Waals surface area contributed by atoms with Crippen molar-refractivity contribution < 1.29 is 14.1 Å². The standard InChI is InChI=1S/C16H11FN4O3/c17-12-5-1-10(2-6-12)14-9-15(20-19-14)18-16(22)11-3-7-13(8-4-11)21(23)24/h1-9H,(H2,18,19,20,22). The predicted octanol–water partition coefficient (Wildman–Crippen LogP) is 3.38. The molecule has 120 valence electrons. The number of hydrogen-bond donors (Lipinski definition) is 2. The van der Waals surface area contributed by atoms with Crippen LogP contribution in [0.3, 0.4) is 0 Å². The number of H-pyrrole nitrogens is 1. The number of halogens is 1. The van der Waals surface area contributed by atoms with Gasteiger partial charge in [-0.05, 0) is 42.0 Å². The van der Waals surface area contributed by atoms with Crippen LogP contribution in [0.5, 0.6) is 0 Å². The molecule has 0 bridgehead atoms. The smallest absolute Gasteiger partial charge is 0.269 e. The summed E-state index contributed by atoms with van der Waals surface area (Å²) in [6, 6.07) is 12.7. The van der Waals surface area contributed by atoms with Crippen molar-refractivity contribution in [3.8, 4) is 11.3 Å². The molecule has 0 unspecified atom stereocenters. The summed E-state index contributed by atoms with van der Waals surface area (Å²) in [7, 11) is 0. The van der Waals surface area contributed by atoms with Gasteiger partial charge in [-0.15, -0.1) is 0 Å². The van der Waals surface area contributed by atoms with E-state index in [0.29, 0.717) is 5.69 Å². The van der Waals surface area contributed by atoms with Gasteiger partial charge in [-0.1, -0.05) is 0 Å². The normalized spacial score (nSPS) is 10.4. The first-order valence-electron chi connectivity index (χ1n) is 6.90. The molecule has 0 fully saturated rings. The minimum Gasteiger partial charge on any atom is -0.305 e. The molecule has 3 aromatic rings. The average Bonchev–Trinajstić information content (AvgIpc) is 3.04. The zero-order valence-electron chi connectivity index (χ0n) is 12.2. The Morgan fingerprint density at radius 3 is 2.42 bits per heavy atom. The third kappa shape index (κ3) is 3.27. The highest BCUT2D eigenvalue weighted by Gasteiger charge is 2.11. The monoisotopic (exact) mass is 326 g/mol. The lowest BCUT2D eigenvalue weighted by Gasteiger charge is -2.01. The largest absolute Gasteiger partial charge is 0.305 e. The second-order valence-corrected chi connectivity index (χ2v) is 4.93. The summed E-state index contributed by atoms with van der Waals surface area (Å²) in [6.45, 7) is 0. The zero-order valence-corrected chi connectivity index (χ0v) is 12.2. The highest BCUT2D eigenvalue weighted by molar-refractivity contribution is 6.04. The lowest BCUT2D eigenvalue weighted by molar-refractivity contribution is -0.384. The van der Waals surface area contributed by atoms with Gasteiger partial charge in [0.1, 0.15) is 5.82 Å². The van der Waals surface area contributed by atoms with Gasteiger partial charge < -0.3 is 5.32 Å². The van der Waals surface area contributed by atoms with Crippen LogP contribution in [-0.4, -0.2) is 21.0 Å². The van der Waals surface area contributed by atoms with Crippen molar-refractivity contribution in [2.75, 3.05) is 5.32 Å². The van der Waals surface area contributed by atoms with Gasteiger partial charge in [0.2, 0.25) is 0 Å². The van der Waals surface area contributed by atoms with E-state index in [1.807, 2.05) is 0 Å². The summed E-state index contributed by atoms with van der Waals surface area (Å²) in [5, 5.41) is 19.9. The quantitative estimate of drug-likeness (QED) is 0.567. The molecule has 3 rings (SSSR count). The predicted molar refractivity (Wildman–Crippen MR) is 85.0 cm³/mol. The maximum Gasteiger partial charge on any atom is 0.269 e. The summed E-state index contributed by atoms with van der Waals surface area (Å²) in [5.41, 5.74) is 1.52. The molecule has 0 saturated carbocycles. The number of hydrogen-bond acceptors (Lipinski definition) is 4. The number of rotatable bonds is 4. The first-order valence-corrected chi connectivity index (χ1v) is 6.90. The number of non-ortho nitro benzene ring substituents is 1. The summed E-state index contributed by atoms with van der Waals surface area (Å²) in [4.78, 5) is 22.2. The third-order valence-corrected chi connectivity index (χ3v) is 3.31. The lowest BCUT2D eigenvalue weighted by Crippen LogP contribution is -2.12. The second kappa shape index (κ2) is 6.29. The van der Waals surface area contributed by atoms with E-state index in [1.54, 1.807) is 18.2 Å². The molecule has 7 nitrogen and oxygen atoms in total. The molecule has 0 aliphatic rings. The molecular formula is C16H11FN4O3. The SMILES string of the molecule is O=C(Nc1cc(-c2ccc(F)cc2)[nH]n1)c1ccc([N+](=O)[O-])cc1. The highest BCUT2D eigenvalue weighted by Crippen LogP contribution is 2.20. The maximum absolute atomic E-state index is 12.9. The van der Waals surface area contributed by atoms with E-state index in [9.17, 15) is 19.3 Å². The second-order valence-electron chi connectivity index (χ2n) is 4.93. The molecule has 0 radical (unpaired) electrons. The van der Waals surface area contributed by atoms with E-state index in [-0.39, 0.29) is 22.9 Å². The third-order valence-electron chi connectivity index (χ3n) is 3.31. The Kier molecular flexibility index (Phi) is 4.02. The summed E-state index contributed by atoms with van der Waals surface area (Å²) >= 11 is 0. The van der Waals surface area contributed by atoms with Crippen LogP contribution in [0.1, 0.15) is 10.4 Å². The lowest BCUT2D eigenvalue weighted by atomic mass is 10.1. The van der Waals surface area contributed by atoms with E-state index in [4.69, 9.17) is 0 Å². The van der Waals surface area contributed by atoms with Gasteiger partial charge in [-0.25, -0.2) is 4.39 Å². The summed E-state index contributed by atoms with van der Waals surface area (Å²) < 4.78 is 12.9. The molecule has 0 spiro atoms. The van der Waals surface area contributed by atoms with Crippen molar-refractivity contribution in [3.63, 3.8) is 0 Å². The number of nitrogens with one attached hydrogen (secondary N) is 2. The Morgan fingerprint density at radius 1 is 1.12 bits per heavy atom. The number of carbonyl (C=O) groups is 1. The van der Waals surface area contributed by atoms with Gasteiger partial charge in [0.25, 0.3) is 11.6 Å². The molecule has 2 aromatic carbocycles. The van der Waals surface area contributed by atoms with E-state index in [0.717, 1.165) is 5.56 Å². The van der Waals surface area contributed by atoms with Crippen molar-refractivity contribution in [2.45, 2.75) is 0 Å². The molecule has 24 heavy (non-hydrogen) atoms. The highest BCUT2D eigenvalue weighted by atomic mass is 19.1. The topological polar surface area (TPSA) is 101 Å². The number of anilines is 1. The zero-order chi connectivity index (χ0) is 17.1. The molecule has 1 aromatic heterocycles. The number of nitro benzene ring substituents is 1. The number of nitro groups is 1. The summed E-state index contributed by atoms with van der Waals surface area (Å²) in [6.07, 6.45) is 0. The van der Waals surface area contributed by atoms with Crippen LogP contribution < -0.4 is 5.32 Å². The van der Waals surface area contributed by atoms with Gasteiger partial charge >= 0.3 is 0 Å². The van der Waals surface area contributed by atoms with Gasteiger partial charge in [0.15, 0.2) is 5.82 Å². The first-order chi connectivity index (χ1) is 11.5. The minimum atomic E-state index is -0.537. The number of aromatic amines is 1. The fourth-order valence-electron chi connectivity index (χ4n) is 2.09. The van der Waals surface area contributed by atoms with Crippen LogP contribution in [0.2, 0.25) is 0 Å². The van der Waals surface area contributed by atoms with Gasteiger partial charge in [0, 0.05) is 23.8 Å². The van der Waals surface area contributed by atoms with E-state index in [1.165, 1.54) is 36.4 Å². The van der Waals surface area contributed by atoms with Crippen molar-refractivity contribution in [1.29, 1.82) is 0 Å². The Morgan fingerprint density at radius 2 is 1.79 bits per heavy atom. The number of amides is 1. The molecule has 0 aliphatic carbocycles. The fourth-order valence-corrected chi connectivity index (χ4v) is 2.09. The Labute approximate surface area is 135 Å². The van der Waals surface area contributed by atoms with Crippen LogP contribution in [0.25, 0.3) is 11.3 Å². The van der Waals surface area contributed by atoms with Crippen molar-refractivity contribution in [3.05, 3.63) is 76.1 Å². The van der Waals surface area contributed by atoms with E-state index in [2.05, 4.69) is 15.5 Å². The number of aromatic nitrogens is 2. The molecule has 0 aliphatic heterocycles. The van der Waals surface area contributed by atoms with Crippen LogP contribution in [0.4, 0.5) is 15.9 Å². The molecule has 0 saturated heterocycles. The molecule has 8 heteroatoms. The number of carbonyl (C=O) groups excluding carboxylic acids is 1. The Hall–Kier alpha value is -3.55. The summed E-state index contributed by atoms with van der Waals surface area (Å²) in [5.74, 6) is -0.496. The van der Waals surface area contributed by atoms with Gasteiger partial charge in [-0.3, -0.25) is 20.0 Å². The molecule has 0 atom stereocenters. The van der Waals surface area contributed by atoms with Crippen molar-refractivity contribution >= 4 is 17.4 Å². The first kappa shape index (κ1) is 15.3. The van der Waals surface area contributed by atoms with Gasteiger partial charge in [0.05, 0.1) is 10.6 Å². The Balaban J connectivity index is 1.73.